The van der Waals surface area contributed by atoms with Crippen LogP contribution in [0.5, 0.6) is 0 Å². The van der Waals surface area contributed by atoms with E-state index in [0.717, 1.165) is 10.6 Å². The Morgan fingerprint density at radius 3 is 2.80 bits per heavy atom. The summed E-state index contributed by atoms with van der Waals surface area (Å²) < 4.78 is 0. The first-order chi connectivity index (χ1) is 9.78. The number of hydrogen-bond acceptors (Lipinski definition) is 5. The maximum atomic E-state index is 11.8. The molecule has 0 aliphatic heterocycles. The summed E-state index contributed by atoms with van der Waals surface area (Å²) in [5, 5.41) is 5.87. The zero-order chi connectivity index (χ0) is 14.2. The molecule has 1 aromatic carbocycles. The molecule has 104 valence electrons. The summed E-state index contributed by atoms with van der Waals surface area (Å²) in [6.07, 6.45) is 5.68. The zero-order valence-corrected chi connectivity index (χ0v) is 12.0. The van der Waals surface area contributed by atoms with Crippen LogP contribution in [0.1, 0.15) is 6.42 Å². The molecule has 2 rings (SSSR count). The highest BCUT2D eigenvalue weighted by molar-refractivity contribution is 7.98. The maximum absolute atomic E-state index is 11.8. The first kappa shape index (κ1) is 14.3. The van der Waals surface area contributed by atoms with E-state index in [9.17, 15) is 4.79 Å². The van der Waals surface area contributed by atoms with Gasteiger partial charge >= 0.3 is 0 Å². The highest BCUT2D eigenvalue weighted by Gasteiger charge is 2.03. The van der Waals surface area contributed by atoms with Crippen molar-refractivity contribution in [2.45, 2.75) is 11.3 Å². The topological polar surface area (TPSA) is 66.9 Å². The molecule has 0 fully saturated rings. The van der Waals surface area contributed by atoms with Gasteiger partial charge in [0.1, 0.15) is 0 Å². The molecular weight excluding hydrogens is 272 g/mol. The van der Waals surface area contributed by atoms with Gasteiger partial charge in [0.05, 0.1) is 0 Å². The van der Waals surface area contributed by atoms with Crippen LogP contribution in [-0.4, -0.2) is 28.7 Å². The first-order valence-electron chi connectivity index (χ1n) is 6.23. The van der Waals surface area contributed by atoms with Crippen LogP contribution in [-0.2, 0) is 4.79 Å². The number of aromatic nitrogens is 2. The van der Waals surface area contributed by atoms with Crippen molar-refractivity contribution in [2.24, 2.45) is 0 Å². The molecule has 1 aromatic heterocycles. The number of rotatable bonds is 6. The van der Waals surface area contributed by atoms with Gasteiger partial charge in [0.2, 0.25) is 11.9 Å². The molecule has 0 atom stereocenters. The molecule has 0 radical (unpaired) electrons. The van der Waals surface area contributed by atoms with E-state index in [1.807, 2.05) is 30.5 Å². The van der Waals surface area contributed by atoms with E-state index in [2.05, 4.69) is 20.6 Å². The summed E-state index contributed by atoms with van der Waals surface area (Å²) in [6, 6.07) is 9.52. The molecule has 0 spiro atoms. The first-order valence-corrected chi connectivity index (χ1v) is 7.45. The monoisotopic (exact) mass is 288 g/mol. The molecule has 2 aromatic rings. The van der Waals surface area contributed by atoms with Gasteiger partial charge in [-0.05, 0) is 30.5 Å². The highest BCUT2D eigenvalue weighted by atomic mass is 32.2. The van der Waals surface area contributed by atoms with Crippen LogP contribution in [0.2, 0.25) is 0 Å². The van der Waals surface area contributed by atoms with Crippen molar-refractivity contribution in [3.05, 3.63) is 42.7 Å². The molecule has 1 amide bonds. The third-order valence-corrected chi connectivity index (χ3v) is 3.28. The lowest BCUT2D eigenvalue weighted by atomic mass is 10.3. The van der Waals surface area contributed by atoms with Gasteiger partial charge in [-0.3, -0.25) is 4.79 Å². The minimum absolute atomic E-state index is 0.0355. The van der Waals surface area contributed by atoms with Crippen LogP contribution in [0.3, 0.4) is 0 Å². The van der Waals surface area contributed by atoms with E-state index in [0.29, 0.717) is 18.9 Å². The Bertz CT molecular complexity index is 562. The van der Waals surface area contributed by atoms with Gasteiger partial charge in [-0.25, -0.2) is 9.97 Å². The van der Waals surface area contributed by atoms with Gasteiger partial charge in [0.25, 0.3) is 0 Å². The molecular formula is C14H16N4OS. The van der Waals surface area contributed by atoms with Crippen molar-refractivity contribution in [3.63, 3.8) is 0 Å². The highest BCUT2D eigenvalue weighted by Crippen LogP contribution is 2.18. The Balaban J connectivity index is 1.77. The van der Waals surface area contributed by atoms with Crippen LogP contribution in [0, 0.1) is 0 Å². The lowest BCUT2D eigenvalue weighted by Gasteiger charge is -2.07. The molecule has 0 aliphatic rings. The maximum Gasteiger partial charge on any atom is 0.226 e. The summed E-state index contributed by atoms with van der Waals surface area (Å²) in [6.45, 7) is 0.498. The number of thioether (sulfide) groups is 1. The Kier molecular flexibility index (Phi) is 5.37. The van der Waals surface area contributed by atoms with Gasteiger partial charge in [-0.1, -0.05) is 6.07 Å². The molecule has 20 heavy (non-hydrogen) atoms. The fourth-order valence-corrected chi connectivity index (χ4v) is 2.06. The molecule has 6 heteroatoms. The average Bonchev–Trinajstić information content (AvgIpc) is 2.48. The van der Waals surface area contributed by atoms with Gasteiger partial charge < -0.3 is 10.6 Å². The quantitative estimate of drug-likeness (QED) is 0.800. The minimum Gasteiger partial charge on any atom is -0.354 e. The second-order valence-corrected chi connectivity index (χ2v) is 4.91. The number of anilines is 2. The minimum atomic E-state index is -0.0355. The largest absolute Gasteiger partial charge is 0.354 e. The van der Waals surface area contributed by atoms with Crippen molar-refractivity contribution in [1.82, 2.24) is 9.97 Å². The Morgan fingerprint density at radius 2 is 2.05 bits per heavy atom. The lowest BCUT2D eigenvalue weighted by molar-refractivity contribution is -0.115. The fraction of sp³-hybridized carbons (Fsp3) is 0.214. The van der Waals surface area contributed by atoms with Crippen LogP contribution >= 0.6 is 11.8 Å². The predicted molar refractivity (Wildman–Crippen MR) is 82.0 cm³/mol. The second-order valence-electron chi connectivity index (χ2n) is 4.03. The molecule has 0 saturated heterocycles. The summed E-state index contributed by atoms with van der Waals surface area (Å²) in [4.78, 5) is 21.0. The third-order valence-electron chi connectivity index (χ3n) is 2.55. The Labute approximate surface area is 122 Å². The van der Waals surface area contributed by atoms with Gasteiger partial charge in [0, 0.05) is 35.9 Å². The SMILES string of the molecule is CSc1cccc(NC(=O)CCNc2ncccn2)c1. The molecule has 2 N–H and O–H groups in total. The smallest absolute Gasteiger partial charge is 0.226 e. The number of benzene rings is 1. The average molecular weight is 288 g/mol. The summed E-state index contributed by atoms with van der Waals surface area (Å²) in [7, 11) is 0. The van der Waals surface area contributed by atoms with Crippen LogP contribution in [0.25, 0.3) is 0 Å². The van der Waals surface area contributed by atoms with Crippen molar-refractivity contribution < 1.29 is 4.79 Å². The number of carbonyl (C=O) groups excluding carboxylic acids is 1. The number of amides is 1. The summed E-state index contributed by atoms with van der Waals surface area (Å²) >= 11 is 1.65. The van der Waals surface area contributed by atoms with Crippen LogP contribution < -0.4 is 10.6 Å². The number of hydrogen-bond donors (Lipinski definition) is 2. The number of carbonyl (C=O) groups is 1. The summed E-state index contributed by atoms with van der Waals surface area (Å²) in [5.74, 6) is 0.497. The predicted octanol–water partition coefficient (Wildman–Crippen LogP) is 2.64. The molecule has 0 aliphatic carbocycles. The number of nitrogens with zero attached hydrogens (tertiary/aromatic N) is 2. The Hall–Kier alpha value is -2.08. The van der Waals surface area contributed by atoms with E-state index in [1.165, 1.54) is 0 Å². The standard InChI is InChI=1S/C14H16N4OS/c1-20-12-5-2-4-11(10-12)18-13(19)6-9-17-14-15-7-3-8-16-14/h2-5,7-8,10H,6,9H2,1H3,(H,18,19)(H,15,16,17). The van der Waals surface area contributed by atoms with E-state index in [1.54, 1.807) is 30.2 Å². The normalized spacial score (nSPS) is 10.1. The number of nitrogens with one attached hydrogen (secondary N) is 2. The van der Waals surface area contributed by atoms with E-state index < -0.39 is 0 Å². The van der Waals surface area contributed by atoms with Crippen molar-refractivity contribution in [2.75, 3.05) is 23.4 Å². The van der Waals surface area contributed by atoms with E-state index >= 15 is 0 Å². The lowest BCUT2D eigenvalue weighted by Crippen LogP contribution is -2.16. The summed E-state index contributed by atoms with van der Waals surface area (Å²) in [5.41, 5.74) is 0.817. The molecule has 5 nitrogen and oxygen atoms in total. The molecule has 0 bridgehead atoms. The van der Waals surface area contributed by atoms with E-state index in [4.69, 9.17) is 0 Å². The third kappa shape index (κ3) is 4.55. The zero-order valence-electron chi connectivity index (χ0n) is 11.2. The Morgan fingerprint density at radius 1 is 1.25 bits per heavy atom. The molecule has 0 unspecified atom stereocenters. The molecule has 1 heterocycles. The van der Waals surface area contributed by atoms with Crippen LogP contribution in [0.4, 0.5) is 11.6 Å². The van der Waals surface area contributed by atoms with Crippen molar-refractivity contribution in [3.8, 4) is 0 Å². The van der Waals surface area contributed by atoms with Gasteiger partial charge in [-0.15, -0.1) is 11.8 Å². The van der Waals surface area contributed by atoms with Crippen molar-refractivity contribution >= 4 is 29.3 Å². The second kappa shape index (κ2) is 7.49. The fourth-order valence-electron chi connectivity index (χ4n) is 1.60. The molecule has 0 saturated carbocycles. The van der Waals surface area contributed by atoms with E-state index in [-0.39, 0.29) is 5.91 Å². The van der Waals surface area contributed by atoms with Gasteiger partial charge in [0.15, 0.2) is 0 Å². The van der Waals surface area contributed by atoms with Gasteiger partial charge in [-0.2, -0.15) is 0 Å². The van der Waals surface area contributed by atoms with Crippen molar-refractivity contribution in [1.29, 1.82) is 0 Å². The van der Waals surface area contributed by atoms with Crippen LogP contribution in [0.15, 0.2) is 47.6 Å².